The number of likely N-dealkylation sites (N-methyl/N-ethyl adjacent to an activating group) is 1. The third kappa shape index (κ3) is 6.63. The monoisotopic (exact) mass is 424 g/mol. The molecule has 0 spiro atoms. The van der Waals surface area contributed by atoms with Gasteiger partial charge in [0.05, 0.1) is 6.10 Å². The fourth-order valence-corrected chi connectivity index (χ4v) is 2.81. The van der Waals surface area contributed by atoms with Crippen LogP contribution in [0.4, 0.5) is 0 Å². The van der Waals surface area contributed by atoms with Crippen LogP contribution in [0, 0.1) is 6.92 Å². The van der Waals surface area contributed by atoms with Crippen LogP contribution in [0.25, 0.3) is 11.3 Å². The van der Waals surface area contributed by atoms with E-state index in [1.54, 1.807) is 26.6 Å². The first-order valence-electron chi connectivity index (χ1n) is 10.1. The number of aliphatic hydroxyl groups is 1. The van der Waals surface area contributed by atoms with E-state index >= 15 is 0 Å². The highest BCUT2D eigenvalue weighted by Gasteiger charge is 2.12. The third-order valence-electron chi connectivity index (χ3n) is 4.71. The molecular formula is C23H28N4O4. The molecule has 2 aromatic heterocycles. The summed E-state index contributed by atoms with van der Waals surface area (Å²) in [7, 11) is 3.40. The van der Waals surface area contributed by atoms with Crippen molar-refractivity contribution in [1.82, 2.24) is 20.2 Å². The summed E-state index contributed by atoms with van der Waals surface area (Å²) in [6.07, 6.45) is 2.77. The van der Waals surface area contributed by atoms with E-state index in [0.717, 1.165) is 22.6 Å². The van der Waals surface area contributed by atoms with Gasteiger partial charge in [0.2, 0.25) is 11.8 Å². The maximum absolute atomic E-state index is 11.8. The van der Waals surface area contributed by atoms with Gasteiger partial charge < -0.3 is 24.5 Å². The summed E-state index contributed by atoms with van der Waals surface area (Å²) in [5.41, 5.74) is 3.27. The van der Waals surface area contributed by atoms with Gasteiger partial charge in [0.25, 0.3) is 0 Å². The lowest BCUT2D eigenvalue weighted by atomic mass is 10.1. The van der Waals surface area contributed by atoms with Gasteiger partial charge in [0.15, 0.2) is 0 Å². The average Bonchev–Trinajstić information content (AvgIpc) is 3.22. The van der Waals surface area contributed by atoms with Gasteiger partial charge >= 0.3 is 0 Å². The Labute approximate surface area is 181 Å². The largest absolute Gasteiger partial charge is 0.492 e. The Hall–Kier alpha value is -3.23. The summed E-state index contributed by atoms with van der Waals surface area (Å²) < 4.78 is 11.1. The summed E-state index contributed by atoms with van der Waals surface area (Å²) in [6.45, 7) is 3.41. The molecule has 31 heavy (non-hydrogen) atoms. The fourth-order valence-electron chi connectivity index (χ4n) is 2.81. The van der Waals surface area contributed by atoms with Crippen molar-refractivity contribution in [2.24, 2.45) is 0 Å². The number of benzene rings is 1. The predicted molar refractivity (Wildman–Crippen MR) is 117 cm³/mol. The topological polar surface area (TPSA) is 101 Å². The fraction of sp³-hybridized carbons (Fsp3) is 0.348. The number of oxazole rings is 1. The molecule has 0 aliphatic carbocycles. The molecule has 0 aliphatic heterocycles. The molecule has 2 heterocycles. The van der Waals surface area contributed by atoms with Crippen molar-refractivity contribution in [3.63, 3.8) is 0 Å². The summed E-state index contributed by atoms with van der Waals surface area (Å²) in [5, 5.41) is 13.3. The first kappa shape index (κ1) is 22.5. The van der Waals surface area contributed by atoms with Crippen molar-refractivity contribution < 1.29 is 19.1 Å². The lowest BCUT2D eigenvalue weighted by Crippen LogP contribution is -2.26. The molecule has 164 valence electrons. The summed E-state index contributed by atoms with van der Waals surface area (Å²) >= 11 is 0. The molecule has 0 radical (unpaired) electrons. The van der Waals surface area contributed by atoms with E-state index in [0.29, 0.717) is 31.3 Å². The minimum Gasteiger partial charge on any atom is -0.492 e. The standard InChI is InChI=1S/C23H28N4O4/c1-16-4-5-18(13-25-16)21(28)14-24-10-11-30-19-8-6-17(7-9-19)20-15-31-22(26-20)12-23(29)27(2)3/h4-9,13,15,21,24,28H,10-12,14H2,1-3H3/t21-/m1/s1. The lowest BCUT2D eigenvalue weighted by molar-refractivity contribution is -0.128. The first-order valence-corrected chi connectivity index (χ1v) is 10.1. The van der Waals surface area contributed by atoms with E-state index in [1.807, 2.05) is 43.3 Å². The van der Waals surface area contributed by atoms with E-state index < -0.39 is 6.10 Å². The van der Waals surface area contributed by atoms with Crippen molar-refractivity contribution >= 4 is 5.91 Å². The SMILES string of the molecule is Cc1ccc([C@H](O)CNCCOc2ccc(-c3coc(CC(=O)N(C)C)n3)cc2)cn1. The highest BCUT2D eigenvalue weighted by Crippen LogP contribution is 2.22. The van der Waals surface area contributed by atoms with E-state index in [1.165, 1.54) is 4.90 Å². The number of hydrogen-bond acceptors (Lipinski definition) is 7. The van der Waals surface area contributed by atoms with Crippen molar-refractivity contribution in [3.05, 3.63) is 66.0 Å². The molecule has 1 amide bonds. The van der Waals surface area contributed by atoms with Gasteiger partial charge in [-0.3, -0.25) is 9.78 Å². The number of aliphatic hydroxyl groups excluding tert-OH is 1. The number of amides is 1. The Bertz CT molecular complexity index is 968. The second-order valence-corrected chi connectivity index (χ2v) is 7.42. The quantitative estimate of drug-likeness (QED) is 0.482. The number of hydrogen-bond donors (Lipinski definition) is 2. The smallest absolute Gasteiger partial charge is 0.231 e. The predicted octanol–water partition coefficient (Wildman–Crippen LogP) is 2.38. The summed E-state index contributed by atoms with van der Waals surface area (Å²) in [5.74, 6) is 1.07. The maximum atomic E-state index is 11.8. The third-order valence-corrected chi connectivity index (χ3v) is 4.71. The zero-order valence-electron chi connectivity index (χ0n) is 18.0. The van der Waals surface area contributed by atoms with E-state index in [4.69, 9.17) is 9.15 Å². The molecule has 1 atom stereocenters. The second kappa shape index (κ2) is 10.7. The Morgan fingerprint density at radius 1 is 1.23 bits per heavy atom. The average molecular weight is 425 g/mol. The van der Waals surface area contributed by atoms with Crippen LogP contribution < -0.4 is 10.1 Å². The van der Waals surface area contributed by atoms with Gasteiger partial charge in [0, 0.05) is 50.2 Å². The van der Waals surface area contributed by atoms with Crippen LogP contribution in [-0.4, -0.2) is 59.7 Å². The highest BCUT2D eigenvalue weighted by atomic mass is 16.5. The van der Waals surface area contributed by atoms with E-state index in [9.17, 15) is 9.90 Å². The highest BCUT2D eigenvalue weighted by molar-refractivity contribution is 5.77. The molecular weight excluding hydrogens is 396 g/mol. The maximum Gasteiger partial charge on any atom is 0.231 e. The van der Waals surface area contributed by atoms with Crippen molar-refractivity contribution in [2.45, 2.75) is 19.4 Å². The Morgan fingerprint density at radius 2 is 2.00 bits per heavy atom. The van der Waals surface area contributed by atoms with Crippen LogP contribution in [0.1, 0.15) is 23.3 Å². The van der Waals surface area contributed by atoms with Crippen LogP contribution >= 0.6 is 0 Å². The van der Waals surface area contributed by atoms with Crippen LogP contribution in [0.2, 0.25) is 0 Å². The molecule has 0 bridgehead atoms. The van der Waals surface area contributed by atoms with Crippen LogP contribution in [-0.2, 0) is 11.2 Å². The number of aryl methyl sites for hydroxylation is 1. The van der Waals surface area contributed by atoms with Gasteiger partial charge in [-0.25, -0.2) is 4.98 Å². The number of ether oxygens (including phenoxy) is 1. The Morgan fingerprint density at radius 3 is 2.68 bits per heavy atom. The number of carbonyl (C=O) groups is 1. The van der Waals surface area contributed by atoms with Crippen molar-refractivity contribution in [1.29, 1.82) is 0 Å². The number of nitrogens with zero attached hydrogens (tertiary/aromatic N) is 3. The van der Waals surface area contributed by atoms with Gasteiger partial charge in [0.1, 0.15) is 30.7 Å². The Kier molecular flexibility index (Phi) is 7.75. The molecule has 8 heteroatoms. The van der Waals surface area contributed by atoms with Crippen LogP contribution in [0.5, 0.6) is 5.75 Å². The van der Waals surface area contributed by atoms with Crippen LogP contribution in [0.3, 0.4) is 0 Å². The molecule has 2 N–H and O–H groups in total. The molecule has 3 aromatic rings. The molecule has 3 rings (SSSR count). The zero-order chi connectivity index (χ0) is 22.2. The van der Waals surface area contributed by atoms with Crippen molar-refractivity contribution in [3.8, 4) is 17.0 Å². The number of nitrogens with one attached hydrogen (secondary N) is 1. The van der Waals surface area contributed by atoms with Crippen LogP contribution in [0.15, 0.2) is 53.3 Å². The number of rotatable bonds is 10. The minimum absolute atomic E-state index is 0.0613. The van der Waals surface area contributed by atoms with Crippen molar-refractivity contribution in [2.75, 3.05) is 33.8 Å². The van der Waals surface area contributed by atoms with Gasteiger partial charge in [-0.2, -0.15) is 0 Å². The van der Waals surface area contributed by atoms with E-state index in [-0.39, 0.29) is 12.3 Å². The summed E-state index contributed by atoms with van der Waals surface area (Å²) in [4.78, 5) is 21.8. The molecule has 0 saturated carbocycles. The molecule has 1 aromatic carbocycles. The van der Waals surface area contributed by atoms with E-state index in [2.05, 4.69) is 15.3 Å². The molecule has 0 aliphatic rings. The van der Waals surface area contributed by atoms with Gasteiger partial charge in [-0.15, -0.1) is 0 Å². The minimum atomic E-state index is -0.604. The molecule has 0 saturated heterocycles. The number of pyridine rings is 1. The number of aromatic nitrogens is 2. The molecule has 0 fully saturated rings. The first-order chi connectivity index (χ1) is 14.9. The summed E-state index contributed by atoms with van der Waals surface area (Å²) in [6, 6.07) is 11.3. The zero-order valence-corrected chi connectivity index (χ0v) is 18.0. The molecule has 8 nitrogen and oxygen atoms in total. The Balaban J connectivity index is 1.41. The van der Waals surface area contributed by atoms with Gasteiger partial charge in [-0.05, 0) is 37.3 Å². The van der Waals surface area contributed by atoms with Gasteiger partial charge in [-0.1, -0.05) is 6.07 Å². The normalized spacial score (nSPS) is 11.9. The number of carbonyl (C=O) groups excluding carboxylic acids is 1. The lowest BCUT2D eigenvalue weighted by Gasteiger charge is -2.12. The second-order valence-electron chi connectivity index (χ2n) is 7.42. The molecule has 0 unspecified atom stereocenters.